The number of rotatable bonds is 1. The van der Waals surface area contributed by atoms with Gasteiger partial charge in [0.15, 0.2) is 0 Å². The van der Waals surface area contributed by atoms with E-state index < -0.39 is 0 Å². The Balaban J connectivity index is 0.000000615. The van der Waals surface area contributed by atoms with Crippen molar-refractivity contribution in [2.24, 2.45) is 0 Å². The summed E-state index contributed by atoms with van der Waals surface area (Å²) in [5, 5.41) is 1.71. The van der Waals surface area contributed by atoms with E-state index in [9.17, 15) is 0 Å². The van der Waals surface area contributed by atoms with Gasteiger partial charge in [-0.2, -0.15) is 0 Å². The van der Waals surface area contributed by atoms with E-state index in [0.717, 1.165) is 16.4 Å². The van der Waals surface area contributed by atoms with Crippen molar-refractivity contribution < 1.29 is 9.31 Å². The van der Waals surface area contributed by atoms with Crippen LogP contribution in [0.5, 0.6) is 0 Å². The maximum absolute atomic E-state index is 6.15. The molecule has 1 saturated heterocycles. The Bertz CT molecular complexity index is 621. The molecular weight excluding hydrogens is 308 g/mol. The second-order valence-electron chi connectivity index (χ2n) is 5.99. The maximum Gasteiger partial charge on any atom is 0.497 e. The van der Waals surface area contributed by atoms with Crippen LogP contribution in [0, 0.1) is 0 Å². The van der Waals surface area contributed by atoms with Crippen LogP contribution in [0.1, 0.15) is 55.4 Å². The lowest BCUT2D eigenvalue weighted by molar-refractivity contribution is 0.00578. The number of nitrogens with one attached hydrogen (secondary N) is 1. The average molecular weight is 338 g/mol. The molecule has 2 aromatic rings. The summed E-state index contributed by atoms with van der Waals surface area (Å²) in [7, 11) is -0.372. The number of halogens is 1. The zero-order chi connectivity index (χ0) is 17.8. The molecule has 5 heteroatoms. The van der Waals surface area contributed by atoms with Crippen molar-refractivity contribution in [2.45, 2.75) is 66.6 Å². The molecule has 1 aromatic carbocycles. The van der Waals surface area contributed by atoms with Gasteiger partial charge in [0.25, 0.3) is 0 Å². The normalized spacial score (nSPS) is 18.0. The van der Waals surface area contributed by atoms with Crippen LogP contribution in [0.3, 0.4) is 0 Å². The molecule has 128 valence electrons. The fraction of sp³-hybridized carbons (Fsp3) is 0.556. The van der Waals surface area contributed by atoms with Crippen LogP contribution in [0.25, 0.3) is 10.9 Å². The fourth-order valence-electron chi connectivity index (χ4n) is 2.31. The van der Waals surface area contributed by atoms with Crippen LogP contribution < -0.4 is 5.46 Å². The number of benzene rings is 1. The van der Waals surface area contributed by atoms with Crippen molar-refractivity contribution in [3.8, 4) is 0 Å². The summed E-state index contributed by atoms with van der Waals surface area (Å²) in [4.78, 5) is 3.20. The first-order valence-corrected chi connectivity index (χ1v) is 8.81. The molecule has 1 aliphatic rings. The van der Waals surface area contributed by atoms with E-state index in [1.54, 1.807) is 6.20 Å². The van der Waals surface area contributed by atoms with Gasteiger partial charge >= 0.3 is 7.12 Å². The van der Waals surface area contributed by atoms with Crippen molar-refractivity contribution in [1.82, 2.24) is 4.98 Å². The van der Waals surface area contributed by atoms with Gasteiger partial charge in [0.05, 0.1) is 16.2 Å². The van der Waals surface area contributed by atoms with Crippen LogP contribution in [-0.2, 0) is 9.31 Å². The molecule has 2 heterocycles. The van der Waals surface area contributed by atoms with Gasteiger partial charge in [0.2, 0.25) is 0 Å². The predicted molar refractivity (Wildman–Crippen MR) is 102 cm³/mol. The number of H-pyrrole nitrogens is 1. The van der Waals surface area contributed by atoms with Crippen LogP contribution in [0.4, 0.5) is 0 Å². The Kier molecular flexibility index (Phi) is 6.75. The van der Waals surface area contributed by atoms with Crippen molar-refractivity contribution in [2.75, 3.05) is 0 Å². The van der Waals surface area contributed by atoms with E-state index in [1.165, 1.54) is 0 Å². The minimum Gasteiger partial charge on any atom is -0.399 e. The number of aromatic nitrogens is 1. The molecule has 0 aliphatic carbocycles. The Morgan fingerprint density at radius 2 is 1.48 bits per heavy atom. The third kappa shape index (κ3) is 3.76. The molecule has 1 aliphatic heterocycles. The molecule has 1 N–H and O–H groups in total. The number of aromatic amines is 1. The van der Waals surface area contributed by atoms with Gasteiger partial charge in [-0.05, 0) is 27.7 Å². The maximum atomic E-state index is 6.15. The minimum absolute atomic E-state index is 0.337. The second-order valence-corrected chi connectivity index (χ2v) is 6.40. The molecule has 1 fully saturated rings. The molecule has 1 aromatic heterocycles. The van der Waals surface area contributed by atoms with Crippen LogP contribution in [0.2, 0.25) is 5.02 Å². The van der Waals surface area contributed by atoms with E-state index in [0.29, 0.717) is 5.02 Å². The monoisotopic (exact) mass is 337 g/mol. The van der Waals surface area contributed by atoms with Gasteiger partial charge in [0.1, 0.15) is 0 Å². The quantitative estimate of drug-likeness (QED) is 0.728. The molecule has 0 saturated carbocycles. The molecule has 3 nitrogen and oxygen atoms in total. The number of para-hydroxylation sites is 1. The first-order valence-electron chi connectivity index (χ1n) is 8.43. The minimum atomic E-state index is -0.372. The lowest BCUT2D eigenvalue weighted by Gasteiger charge is -2.32. The highest BCUT2D eigenvalue weighted by Crippen LogP contribution is 2.37. The van der Waals surface area contributed by atoms with Gasteiger partial charge in [-0.3, -0.25) is 0 Å². The van der Waals surface area contributed by atoms with Gasteiger partial charge in [-0.1, -0.05) is 57.5 Å². The smallest absolute Gasteiger partial charge is 0.399 e. The molecule has 0 unspecified atom stereocenters. The lowest BCUT2D eigenvalue weighted by atomic mass is 9.78. The topological polar surface area (TPSA) is 34.2 Å². The first-order chi connectivity index (χ1) is 10.8. The highest BCUT2D eigenvalue weighted by atomic mass is 35.5. The van der Waals surface area contributed by atoms with E-state index in [2.05, 4.69) is 32.7 Å². The Hall–Kier alpha value is -0.965. The molecule has 0 amide bonds. The first kappa shape index (κ1) is 20.1. The average Bonchev–Trinajstić information content (AvgIpc) is 3.01. The van der Waals surface area contributed by atoms with E-state index in [-0.39, 0.29) is 18.3 Å². The third-order valence-corrected chi connectivity index (χ3v) is 4.52. The standard InChI is InChI=1S/C14H17BClNO2.2C2H6/c1-13(2)14(3,4)19-15(18-13)10-7-5-6-9-11(16)8-17-12(9)10;2*1-2/h5-8,17H,1-4H3;2*1-2H3. The second kappa shape index (κ2) is 7.74. The zero-order valence-electron chi connectivity index (χ0n) is 15.6. The molecule has 0 atom stereocenters. The zero-order valence-corrected chi connectivity index (χ0v) is 16.3. The highest BCUT2D eigenvalue weighted by molar-refractivity contribution is 6.65. The van der Waals surface area contributed by atoms with Crippen LogP contribution in [-0.4, -0.2) is 23.3 Å². The van der Waals surface area contributed by atoms with Gasteiger partial charge in [-0.25, -0.2) is 0 Å². The van der Waals surface area contributed by atoms with Gasteiger partial charge in [0, 0.05) is 22.6 Å². The van der Waals surface area contributed by atoms with Crippen LogP contribution in [0.15, 0.2) is 24.4 Å². The summed E-state index contributed by atoms with van der Waals surface area (Å²) >= 11 is 6.15. The van der Waals surface area contributed by atoms with E-state index >= 15 is 0 Å². The van der Waals surface area contributed by atoms with E-state index in [1.807, 2.05) is 45.9 Å². The SMILES string of the molecule is CC.CC.CC1(C)OB(c2cccc3c(Cl)c[nH]c23)OC1(C)C. The van der Waals surface area contributed by atoms with Crippen molar-refractivity contribution in [3.63, 3.8) is 0 Å². The molecule has 3 rings (SSSR count). The Morgan fingerprint density at radius 3 is 2.00 bits per heavy atom. The number of hydrogen-bond acceptors (Lipinski definition) is 2. The lowest BCUT2D eigenvalue weighted by Crippen LogP contribution is -2.41. The van der Waals surface area contributed by atoms with Gasteiger partial charge in [-0.15, -0.1) is 0 Å². The molecule has 0 spiro atoms. The fourth-order valence-corrected chi connectivity index (χ4v) is 2.52. The molecule has 0 bridgehead atoms. The van der Waals surface area contributed by atoms with E-state index in [4.69, 9.17) is 20.9 Å². The summed E-state index contributed by atoms with van der Waals surface area (Å²) in [6.07, 6.45) is 1.79. The third-order valence-electron chi connectivity index (χ3n) is 4.20. The van der Waals surface area contributed by atoms with Crippen LogP contribution >= 0.6 is 11.6 Å². The summed E-state index contributed by atoms with van der Waals surface area (Å²) in [6.45, 7) is 16.2. The van der Waals surface area contributed by atoms with Crippen molar-refractivity contribution in [3.05, 3.63) is 29.4 Å². The summed E-state index contributed by atoms with van der Waals surface area (Å²) in [5.74, 6) is 0. The van der Waals surface area contributed by atoms with Crippen molar-refractivity contribution in [1.29, 1.82) is 0 Å². The highest BCUT2D eigenvalue weighted by Gasteiger charge is 2.52. The number of fused-ring (bicyclic) bond motifs is 1. The Morgan fingerprint density at radius 1 is 0.957 bits per heavy atom. The summed E-state index contributed by atoms with van der Waals surface area (Å²) in [6, 6.07) is 5.97. The summed E-state index contributed by atoms with van der Waals surface area (Å²) in [5.41, 5.74) is 1.29. The summed E-state index contributed by atoms with van der Waals surface area (Å²) < 4.78 is 12.2. The van der Waals surface area contributed by atoms with Gasteiger partial charge < -0.3 is 14.3 Å². The molecule has 0 radical (unpaired) electrons. The largest absolute Gasteiger partial charge is 0.497 e. The molecular formula is C18H29BClNO2. The molecule has 23 heavy (non-hydrogen) atoms. The Labute approximate surface area is 145 Å². The van der Waals surface area contributed by atoms with Crippen molar-refractivity contribution >= 4 is 35.1 Å². The predicted octanol–water partition coefficient (Wildman–Crippen LogP) is 5.17. The number of hydrogen-bond donors (Lipinski definition) is 1.